The molecule has 0 saturated heterocycles. The summed E-state index contributed by atoms with van der Waals surface area (Å²) in [5, 5.41) is 0. The molecule has 20 heavy (non-hydrogen) atoms. The Labute approximate surface area is 125 Å². The first-order valence-corrected chi connectivity index (χ1v) is 8.19. The van der Waals surface area contributed by atoms with Gasteiger partial charge in [-0.1, -0.05) is 70.4 Å². The van der Waals surface area contributed by atoms with Gasteiger partial charge in [0.15, 0.2) is 0 Å². The average Bonchev–Trinajstić information content (AvgIpc) is 2.34. The predicted octanol–water partition coefficient (Wildman–Crippen LogP) is 6.27. The Morgan fingerprint density at radius 1 is 1.20 bits per heavy atom. The van der Waals surface area contributed by atoms with Crippen LogP contribution in [0.5, 0.6) is 0 Å². The molecule has 0 aromatic heterocycles. The van der Waals surface area contributed by atoms with Crippen molar-refractivity contribution in [3.8, 4) is 0 Å². The van der Waals surface area contributed by atoms with Crippen LogP contribution in [0.25, 0.3) is 6.08 Å². The largest absolute Gasteiger partial charge is 0.0654 e. The summed E-state index contributed by atoms with van der Waals surface area (Å²) < 4.78 is 0. The van der Waals surface area contributed by atoms with Crippen molar-refractivity contribution < 1.29 is 0 Å². The van der Waals surface area contributed by atoms with Crippen molar-refractivity contribution in [2.45, 2.75) is 73.1 Å². The van der Waals surface area contributed by atoms with Crippen LogP contribution in [0.1, 0.15) is 82.1 Å². The lowest BCUT2D eigenvalue weighted by Gasteiger charge is -2.35. The molecule has 0 heteroatoms. The monoisotopic (exact) mass is 270 g/mol. The molecule has 1 aromatic rings. The Hall–Kier alpha value is -1.04. The van der Waals surface area contributed by atoms with E-state index in [1.54, 1.807) is 11.1 Å². The fraction of sp³-hybridized carbons (Fsp3) is 0.600. The van der Waals surface area contributed by atoms with Gasteiger partial charge in [0, 0.05) is 0 Å². The first-order chi connectivity index (χ1) is 9.35. The third-order valence-corrected chi connectivity index (χ3v) is 4.68. The summed E-state index contributed by atoms with van der Waals surface area (Å²) in [6, 6.07) is 4.78. The molecule has 2 rings (SSSR count). The first-order valence-electron chi connectivity index (χ1n) is 8.19. The van der Waals surface area contributed by atoms with Crippen molar-refractivity contribution >= 4 is 6.08 Å². The minimum absolute atomic E-state index is 0.324. The lowest BCUT2D eigenvalue weighted by molar-refractivity contribution is 0.420. The second-order valence-corrected chi connectivity index (χ2v) is 7.42. The minimum Gasteiger partial charge on any atom is -0.0654 e. The van der Waals surface area contributed by atoms with E-state index in [-0.39, 0.29) is 0 Å². The molecule has 0 unspecified atom stereocenters. The molecule has 0 heterocycles. The van der Waals surface area contributed by atoms with Crippen molar-refractivity contribution in [2.24, 2.45) is 5.41 Å². The number of benzene rings is 1. The summed E-state index contributed by atoms with van der Waals surface area (Å²) in [7, 11) is 0. The number of hydrogen-bond donors (Lipinski definition) is 0. The van der Waals surface area contributed by atoms with Crippen LogP contribution in [-0.2, 0) is 6.42 Å². The van der Waals surface area contributed by atoms with Crippen LogP contribution in [0.3, 0.4) is 0 Å². The van der Waals surface area contributed by atoms with Crippen molar-refractivity contribution in [1.29, 1.82) is 0 Å². The number of aryl methyl sites for hydroxylation is 1. The highest BCUT2D eigenvalue weighted by Gasteiger charge is 2.29. The Balaban J connectivity index is 2.52. The van der Waals surface area contributed by atoms with Crippen LogP contribution in [0.2, 0.25) is 0 Å². The molecule has 0 saturated carbocycles. The molecule has 0 spiro atoms. The lowest BCUT2D eigenvalue weighted by Crippen LogP contribution is -2.23. The number of allylic oxidation sites excluding steroid dienone is 1. The van der Waals surface area contributed by atoms with Gasteiger partial charge in [-0.15, -0.1) is 0 Å². The number of unbranched alkanes of at least 4 members (excludes halogenated alkanes) is 1. The van der Waals surface area contributed by atoms with Gasteiger partial charge in [0.2, 0.25) is 0 Å². The van der Waals surface area contributed by atoms with E-state index in [1.165, 1.54) is 42.4 Å². The molecule has 0 aliphatic heterocycles. The van der Waals surface area contributed by atoms with E-state index in [2.05, 4.69) is 59.8 Å². The highest BCUT2D eigenvalue weighted by Crippen LogP contribution is 2.42. The van der Waals surface area contributed by atoms with Crippen LogP contribution < -0.4 is 0 Å². The van der Waals surface area contributed by atoms with Crippen molar-refractivity contribution in [1.82, 2.24) is 0 Å². The topological polar surface area (TPSA) is 0 Å². The molecule has 0 atom stereocenters. The maximum absolute atomic E-state index is 2.52. The molecule has 0 radical (unpaired) electrons. The molecule has 0 N–H and O–H groups in total. The standard InChI is InChI=1S/C20H30/c1-7-8-9-17-12-19-16(13-20(17,5)6)10-15(4)11-18(19)14(2)3/h10-12,14H,7-9,13H2,1-6H3. The summed E-state index contributed by atoms with van der Waals surface area (Å²) in [6.45, 7) is 14.0. The van der Waals surface area contributed by atoms with Gasteiger partial charge in [-0.25, -0.2) is 0 Å². The van der Waals surface area contributed by atoms with E-state index < -0.39 is 0 Å². The Bertz CT molecular complexity index is 515. The first kappa shape index (κ1) is 15.4. The normalized spacial score (nSPS) is 17.1. The quantitative estimate of drug-likeness (QED) is 0.604. The molecule has 0 fully saturated rings. The molecular formula is C20H30. The fourth-order valence-corrected chi connectivity index (χ4v) is 3.44. The third kappa shape index (κ3) is 3.00. The highest BCUT2D eigenvalue weighted by atomic mass is 14.3. The van der Waals surface area contributed by atoms with Crippen LogP contribution in [0, 0.1) is 12.3 Å². The van der Waals surface area contributed by atoms with Gasteiger partial charge < -0.3 is 0 Å². The molecule has 1 aliphatic rings. The van der Waals surface area contributed by atoms with Crippen molar-refractivity contribution in [3.63, 3.8) is 0 Å². The zero-order valence-corrected chi connectivity index (χ0v) is 14.1. The highest BCUT2D eigenvalue weighted by molar-refractivity contribution is 5.66. The van der Waals surface area contributed by atoms with Gasteiger partial charge >= 0.3 is 0 Å². The summed E-state index contributed by atoms with van der Waals surface area (Å²) in [6.07, 6.45) is 7.57. The fourth-order valence-electron chi connectivity index (χ4n) is 3.44. The average molecular weight is 270 g/mol. The molecule has 0 bridgehead atoms. The van der Waals surface area contributed by atoms with E-state index >= 15 is 0 Å². The van der Waals surface area contributed by atoms with Crippen LogP contribution in [0.4, 0.5) is 0 Å². The smallest absolute Gasteiger partial charge is 0.0101 e. The van der Waals surface area contributed by atoms with E-state index in [4.69, 9.17) is 0 Å². The maximum atomic E-state index is 2.52. The molecule has 0 amide bonds. The lowest BCUT2D eigenvalue weighted by atomic mass is 9.70. The predicted molar refractivity (Wildman–Crippen MR) is 90.3 cm³/mol. The van der Waals surface area contributed by atoms with Crippen LogP contribution in [0.15, 0.2) is 17.7 Å². The second-order valence-electron chi connectivity index (χ2n) is 7.42. The van der Waals surface area contributed by atoms with E-state index in [1.807, 2.05) is 0 Å². The Kier molecular flexibility index (Phi) is 4.42. The van der Waals surface area contributed by atoms with Crippen LogP contribution in [-0.4, -0.2) is 0 Å². The third-order valence-electron chi connectivity index (χ3n) is 4.68. The summed E-state index contributed by atoms with van der Waals surface area (Å²) >= 11 is 0. The zero-order chi connectivity index (χ0) is 14.9. The second kappa shape index (κ2) is 5.76. The van der Waals surface area contributed by atoms with Gasteiger partial charge in [0.25, 0.3) is 0 Å². The van der Waals surface area contributed by atoms with E-state index in [0.29, 0.717) is 11.3 Å². The van der Waals surface area contributed by atoms with Gasteiger partial charge in [-0.05, 0) is 54.2 Å². The molecule has 0 nitrogen and oxygen atoms in total. The minimum atomic E-state index is 0.324. The summed E-state index contributed by atoms with van der Waals surface area (Å²) in [5.74, 6) is 0.605. The molecule has 1 aromatic carbocycles. The molecular weight excluding hydrogens is 240 g/mol. The van der Waals surface area contributed by atoms with Gasteiger partial charge in [0.05, 0.1) is 0 Å². The van der Waals surface area contributed by atoms with E-state index in [0.717, 1.165) is 0 Å². The number of fused-ring (bicyclic) bond motifs is 1. The van der Waals surface area contributed by atoms with E-state index in [9.17, 15) is 0 Å². The molecule has 110 valence electrons. The zero-order valence-electron chi connectivity index (χ0n) is 14.1. The Morgan fingerprint density at radius 3 is 2.50 bits per heavy atom. The number of hydrogen-bond acceptors (Lipinski definition) is 0. The van der Waals surface area contributed by atoms with Gasteiger partial charge in [-0.2, -0.15) is 0 Å². The summed E-state index contributed by atoms with van der Waals surface area (Å²) in [4.78, 5) is 0. The van der Waals surface area contributed by atoms with Gasteiger partial charge in [0.1, 0.15) is 0 Å². The van der Waals surface area contributed by atoms with Crippen molar-refractivity contribution in [2.75, 3.05) is 0 Å². The summed E-state index contributed by atoms with van der Waals surface area (Å²) in [5.41, 5.74) is 8.00. The maximum Gasteiger partial charge on any atom is -0.0101 e. The van der Waals surface area contributed by atoms with Gasteiger partial charge in [-0.3, -0.25) is 0 Å². The number of rotatable bonds is 4. The SMILES string of the molecule is CCCCC1=Cc2c(cc(C)cc2C(C)C)CC1(C)C. The van der Waals surface area contributed by atoms with Crippen LogP contribution >= 0.6 is 0 Å². The van der Waals surface area contributed by atoms with Crippen molar-refractivity contribution in [3.05, 3.63) is 40.0 Å². The Morgan fingerprint density at radius 2 is 1.90 bits per heavy atom. The molecule has 1 aliphatic carbocycles.